The Morgan fingerprint density at radius 3 is 2.71 bits per heavy atom. The number of thiazole rings is 1. The van der Waals surface area contributed by atoms with Crippen molar-refractivity contribution in [1.29, 1.82) is 0 Å². The normalized spacial score (nSPS) is 11.6. The Hall–Kier alpha value is -3.12. The zero-order valence-electron chi connectivity index (χ0n) is 16.1. The van der Waals surface area contributed by atoms with Gasteiger partial charge in [-0.25, -0.2) is 15.0 Å². The number of aromatic nitrogens is 4. The lowest BCUT2D eigenvalue weighted by molar-refractivity contribution is -0.136. The highest BCUT2D eigenvalue weighted by Crippen LogP contribution is 2.36. The number of nitrogens with zero attached hydrogens (tertiary/aromatic N) is 4. The number of aryl methyl sites for hydroxylation is 1. The number of rotatable bonds is 5. The summed E-state index contributed by atoms with van der Waals surface area (Å²) in [5, 5.41) is 3.17. The van der Waals surface area contributed by atoms with Crippen molar-refractivity contribution in [2.75, 3.05) is 12.4 Å². The molecule has 4 heterocycles. The molecule has 0 unspecified atom stereocenters. The summed E-state index contributed by atoms with van der Waals surface area (Å²) in [6, 6.07) is 4.17. The molecule has 1 amide bonds. The van der Waals surface area contributed by atoms with Gasteiger partial charge in [-0.1, -0.05) is 11.3 Å². The van der Waals surface area contributed by atoms with Crippen LogP contribution in [0.4, 0.5) is 18.9 Å². The molecule has 0 saturated heterocycles. The summed E-state index contributed by atoms with van der Waals surface area (Å²) in [4.78, 5) is 25.8. The average molecular weight is 465 g/mol. The Balaban J connectivity index is 1.61. The molecular formula is C19H14F3N5O2S2. The molecule has 7 nitrogen and oxygen atoms in total. The third-order valence-corrected chi connectivity index (χ3v) is 6.22. The number of fused-ring (bicyclic) bond motifs is 1. The summed E-state index contributed by atoms with van der Waals surface area (Å²) < 4.78 is 49.0. The van der Waals surface area contributed by atoms with Crippen molar-refractivity contribution in [1.82, 2.24) is 19.3 Å². The SMILES string of the molecule is COc1ccc(NC(=O)c2c(C)nsc2Cc2nc3c(C(F)(F)F)ccnc3s2)cn1. The third kappa shape index (κ3) is 4.35. The van der Waals surface area contributed by atoms with Crippen LogP contribution in [0.5, 0.6) is 5.88 Å². The molecule has 160 valence electrons. The van der Waals surface area contributed by atoms with Crippen LogP contribution >= 0.6 is 22.9 Å². The smallest absolute Gasteiger partial charge is 0.418 e. The van der Waals surface area contributed by atoms with Crippen molar-refractivity contribution in [3.05, 3.63) is 57.3 Å². The number of ether oxygens (including phenoxy) is 1. The number of hydrogen-bond acceptors (Lipinski definition) is 8. The van der Waals surface area contributed by atoms with Gasteiger partial charge in [0.15, 0.2) is 0 Å². The van der Waals surface area contributed by atoms with Crippen LogP contribution in [0.15, 0.2) is 30.6 Å². The fraction of sp³-hybridized carbons (Fsp3) is 0.211. The molecule has 0 fully saturated rings. The van der Waals surface area contributed by atoms with E-state index in [9.17, 15) is 18.0 Å². The highest BCUT2D eigenvalue weighted by molar-refractivity contribution is 7.18. The fourth-order valence-corrected chi connectivity index (χ4v) is 4.82. The molecule has 4 rings (SSSR count). The molecule has 31 heavy (non-hydrogen) atoms. The lowest BCUT2D eigenvalue weighted by atomic mass is 10.1. The number of methoxy groups -OCH3 is 1. The van der Waals surface area contributed by atoms with Crippen molar-refractivity contribution >= 4 is 44.8 Å². The molecule has 0 aliphatic heterocycles. The van der Waals surface area contributed by atoms with E-state index in [0.717, 1.165) is 35.1 Å². The fourth-order valence-electron chi connectivity index (χ4n) is 2.92. The molecule has 0 aromatic carbocycles. The Morgan fingerprint density at radius 1 is 1.23 bits per heavy atom. The molecule has 1 N–H and O–H groups in total. The van der Waals surface area contributed by atoms with Crippen LogP contribution < -0.4 is 10.1 Å². The van der Waals surface area contributed by atoms with Crippen LogP contribution in [0, 0.1) is 6.92 Å². The van der Waals surface area contributed by atoms with Crippen LogP contribution in [0.1, 0.15) is 31.5 Å². The predicted molar refractivity (Wildman–Crippen MR) is 111 cm³/mol. The molecule has 4 aromatic rings. The zero-order valence-corrected chi connectivity index (χ0v) is 17.8. The monoisotopic (exact) mass is 465 g/mol. The quantitative estimate of drug-likeness (QED) is 0.459. The van der Waals surface area contributed by atoms with Crippen LogP contribution in [0.25, 0.3) is 10.3 Å². The third-order valence-electron chi connectivity index (χ3n) is 4.32. The number of amides is 1. The van der Waals surface area contributed by atoms with Crippen molar-refractivity contribution in [2.45, 2.75) is 19.5 Å². The molecule has 4 aromatic heterocycles. The van der Waals surface area contributed by atoms with E-state index >= 15 is 0 Å². The second-order valence-electron chi connectivity index (χ2n) is 6.40. The summed E-state index contributed by atoms with van der Waals surface area (Å²) in [6.45, 7) is 1.70. The Morgan fingerprint density at radius 2 is 2.03 bits per heavy atom. The number of anilines is 1. The molecule has 0 aliphatic rings. The van der Waals surface area contributed by atoms with Gasteiger partial charge >= 0.3 is 6.18 Å². The van der Waals surface area contributed by atoms with E-state index in [2.05, 4.69) is 24.6 Å². The molecular weight excluding hydrogens is 451 g/mol. The number of pyridine rings is 2. The Labute approximate surface area is 182 Å². The second-order valence-corrected chi connectivity index (χ2v) is 8.32. The maximum absolute atomic E-state index is 13.2. The van der Waals surface area contributed by atoms with Gasteiger partial charge < -0.3 is 10.1 Å². The van der Waals surface area contributed by atoms with Gasteiger partial charge in [0.25, 0.3) is 5.91 Å². The van der Waals surface area contributed by atoms with Gasteiger partial charge in [0.2, 0.25) is 5.88 Å². The first-order valence-electron chi connectivity index (χ1n) is 8.84. The van der Waals surface area contributed by atoms with Crippen molar-refractivity contribution < 1.29 is 22.7 Å². The minimum atomic E-state index is -4.52. The van der Waals surface area contributed by atoms with E-state index in [-0.39, 0.29) is 22.7 Å². The number of carbonyl (C=O) groups is 1. The topological polar surface area (TPSA) is 89.9 Å². The lowest BCUT2D eigenvalue weighted by Gasteiger charge is -2.07. The van der Waals surface area contributed by atoms with Crippen LogP contribution in [-0.2, 0) is 12.6 Å². The predicted octanol–water partition coefficient (Wildman–Crippen LogP) is 4.72. The zero-order chi connectivity index (χ0) is 22.2. The van der Waals surface area contributed by atoms with Gasteiger partial charge in [0, 0.05) is 23.6 Å². The van der Waals surface area contributed by atoms with Gasteiger partial charge in [-0.05, 0) is 30.6 Å². The maximum atomic E-state index is 13.2. The number of alkyl halides is 3. The Kier molecular flexibility index (Phi) is 5.58. The second kappa shape index (κ2) is 8.19. The van der Waals surface area contributed by atoms with Crippen LogP contribution in [0.2, 0.25) is 0 Å². The number of halogens is 3. The number of carbonyl (C=O) groups excluding carboxylic acids is 1. The molecule has 0 spiro atoms. The molecule has 0 saturated carbocycles. The number of nitrogens with one attached hydrogen (secondary N) is 1. The molecule has 0 aliphatic carbocycles. The largest absolute Gasteiger partial charge is 0.481 e. The lowest BCUT2D eigenvalue weighted by Crippen LogP contribution is -2.14. The number of hydrogen-bond donors (Lipinski definition) is 1. The minimum Gasteiger partial charge on any atom is -0.481 e. The van der Waals surface area contributed by atoms with Gasteiger partial charge in [-0.3, -0.25) is 4.79 Å². The van der Waals surface area contributed by atoms with E-state index < -0.39 is 11.7 Å². The highest BCUT2D eigenvalue weighted by Gasteiger charge is 2.34. The van der Waals surface area contributed by atoms with Crippen molar-refractivity contribution in [3.63, 3.8) is 0 Å². The summed E-state index contributed by atoms with van der Waals surface area (Å²) in [7, 11) is 1.49. The van der Waals surface area contributed by atoms with Gasteiger partial charge in [-0.15, -0.1) is 0 Å². The minimum absolute atomic E-state index is 0.174. The molecule has 0 atom stereocenters. The average Bonchev–Trinajstić information content (AvgIpc) is 3.30. The van der Waals surface area contributed by atoms with Crippen molar-refractivity contribution in [3.8, 4) is 5.88 Å². The summed E-state index contributed by atoms with van der Waals surface area (Å²) >= 11 is 2.17. The molecule has 0 radical (unpaired) electrons. The van der Waals surface area contributed by atoms with E-state index in [4.69, 9.17) is 4.74 Å². The first kappa shape index (κ1) is 21.1. The first-order chi connectivity index (χ1) is 14.8. The van der Waals surface area contributed by atoms with E-state index in [1.54, 1.807) is 19.1 Å². The summed E-state index contributed by atoms with van der Waals surface area (Å²) in [5.41, 5.74) is 0.344. The first-order valence-corrected chi connectivity index (χ1v) is 10.4. The van der Waals surface area contributed by atoms with Crippen LogP contribution in [-0.4, -0.2) is 32.3 Å². The standard InChI is InChI=1S/C19H14F3N5O2S2/c1-9-15(17(28)25-10-3-4-13(29-2)24-8-10)12(31-27-9)7-14-26-16-11(19(20,21)22)5-6-23-18(16)30-14/h3-6,8H,7H2,1-2H3,(H,25,28). The van der Waals surface area contributed by atoms with Gasteiger partial charge in [-0.2, -0.15) is 17.5 Å². The Bertz CT molecular complexity index is 1250. The van der Waals surface area contributed by atoms with Gasteiger partial charge in [0.05, 0.1) is 35.8 Å². The highest BCUT2D eigenvalue weighted by atomic mass is 32.1. The summed E-state index contributed by atoms with van der Waals surface area (Å²) in [6.07, 6.45) is -1.77. The van der Waals surface area contributed by atoms with Crippen LogP contribution in [0.3, 0.4) is 0 Å². The van der Waals surface area contributed by atoms with E-state index in [1.807, 2.05) is 0 Å². The maximum Gasteiger partial charge on any atom is 0.418 e. The molecule has 0 bridgehead atoms. The van der Waals surface area contributed by atoms with E-state index in [0.29, 0.717) is 32.7 Å². The summed E-state index contributed by atoms with van der Waals surface area (Å²) in [5.74, 6) is 0.0261. The van der Waals surface area contributed by atoms with Gasteiger partial charge in [0.1, 0.15) is 15.4 Å². The van der Waals surface area contributed by atoms with E-state index in [1.165, 1.54) is 13.3 Å². The van der Waals surface area contributed by atoms with Crippen molar-refractivity contribution in [2.24, 2.45) is 0 Å². The molecule has 12 heteroatoms.